The van der Waals surface area contributed by atoms with Crippen LogP contribution in [0.2, 0.25) is 0 Å². The molecule has 60 heavy (non-hydrogen) atoms. The molecule has 332 valence electrons. The Morgan fingerprint density at radius 2 is 1.07 bits per heavy atom. The summed E-state index contributed by atoms with van der Waals surface area (Å²) in [6.45, 7) is 5.42. The van der Waals surface area contributed by atoms with E-state index < -0.39 is 78.5 Å². The standard InChI is InChI=1S/C45H68N6O9/c1-4-5-6-7-8-9-10-11-12-13-17-20-40(54)48-35(25-26-41(55)56)43(58)51-38(28-32-18-15-14-16-19-32)45(60)49-36(27-31(2)3)44(59)50-37(42(57)47-30-39(46)53)29-33-21-23-34(52)24-22-33/h14-16,18-19,21-24,31,35-38,52H,4-13,17,20,25-30H2,1-3H3,(H2,46,53)(H,47,57)(H,48,54)(H,49,60)(H,50,59)(H,51,58)(H,55,56)/t35-,36-,37-,38-/m0/s1. The first kappa shape index (κ1) is 50.7. The molecule has 0 fully saturated rings. The van der Waals surface area contributed by atoms with Crippen LogP contribution >= 0.6 is 0 Å². The zero-order valence-corrected chi connectivity index (χ0v) is 35.6. The minimum absolute atomic E-state index is 0.00421. The van der Waals surface area contributed by atoms with Crippen molar-refractivity contribution >= 4 is 41.4 Å². The molecule has 6 amide bonds. The Balaban J connectivity index is 2.19. The van der Waals surface area contributed by atoms with Gasteiger partial charge in [-0.3, -0.25) is 33.6 Å². The highest BCUT2D eigenvalue weighted by Gasteiger charge is 2.32. The van der Waals surface area contributed by atoms with Gasteiger partial charge < -0.3 is 42.5 Å². The minimum atomic E-state index is -1.25. The number of carboxylic acids is 1. The van der Waals surface area contributed by atoms with Crippen molar-refractivity contribution in [2.45, 2.75) is 154 Å². The summed E-state index contributed by atoms with van der Waals surface area (Å²) in [5.41, 5.74) is 6.49. The third-order valence-corrected chi connectivity index (χ3v) is 10.0. The van der Waals surface area contributed by atoms with E-state index in [4.69, 9.17) is 5.73 Å². The van der Waals surface area contributed by atoms with Crippen molar-refractivity contribution in [1.29, 1.82) is 0 Å². The number of rotatable bonds is 31. The molecule has 2 rings (SSSR count). The number of phenolic OH excluding ortho intramolecular Hbond substituents is 1. The predicted octanol–water partition coefficient (Wildman–Crippen LogP) is 4.33. The van der Waals surface area contributed by atoms with Crippen LogP contribution < -0.4 is 32.3 Å². The topological polar surface area (TPSA) is 246 Å². The van der Waals surface area contributed by atoms with Gasteiger partial charge in [0.25, 0.3) is 0 Å². The van der Waals surface area contributed by atoms with Crippen LogP contribution in [0.5, 0.6) is 5.75 Å². The molecule has 0 saturated carbocycles. The van der Waals surface area contributed by atoms with Crippen molar-refractivity contribution < 1.29 is 43.8 Å². The van der Waals surface area contributed by atoms with Gasteiger partial charge in [-0.25, -0.2) is 0 Å². The highest BCUT2D eigenvalue weighted by Crippen LogP contribution is 2.15. The van der Waals surface area contributed by atoms with Crippen molar-refractivity contribution in [3.63, 3.8) is 0 Å². The molecule has 0 aromatic heterocycles. The molecule has 15 heteroatoms. The normalized spacial score (nSPS) is 13.0. The second kappa shape index (κ2) is 28.9. The highest BCUT2D eigenvalue weighted by atomic mass is 16.4. The Morgan fingerprint density at radius 3 is 1.60 bits per heavy atom. The molecule has 0 saturated heterocycles. The lowest BCUT2D eigenvalue weighted by Gasteiger charge is -2.27. The number of benzene rings is 2. The average Bonchev–Trinajstić information content (AvgIpc) is 3.20. The molecule has 2 aromatic carbocycles. The van der Waals surface area contributed by atoms with Gasteiger partial charge in [0.05, 0.1) is 6.54 Å². The molecule has 0 spiro atoms. The van der Waals surface area contributed by atoms with E-state index in [1.807, 2.05) is 13.8 Å². The molecule has 0 aliphatic carbocycles. The number of carbonyl (C=O) groups excluding carboxylic acids is 6. The minimum Gasteiger partial charge on any atom is -0.508 e. The number of nitrogens with two attached hydrogens (primary N) is 1. The van der Waals surface area contributed by atoms with Crippen LogP contribution in [0.25, 0.3) is 0 Å². The Bertz CT molecular complexity index is 1640. The fraction of sp³-hybridized carbons (Fsp3) is 0.578. The van der Waals surface area contributed by atoms with Crippen LogP contribution in [0.4, 0.5) is 0 Å². The van der Waals surface area contributed by atoms with E-state index in [1.165, 1.54) is 50.7 Å². The summed E-state index contributed by atoms with van der Waals surface area (Å²) in [6, 6.07) is 10.0. The maximum Gasteiger partial charge on any atom is 0.303 e. The molecule has 0 unspecified atom stereocenters. The number of hydrogen-bond donors (Lipinski definition) is 8. The number of primary amides is 1. The third-order valence-electron chi connectivity index (χ3n) is 10.0. The Hall–Kier alpha value is -5.47. The molecule has 0 aliphatic rings. The van der Waals surface area contributed by atoms with Gasteiger partial charge in [0.2, 0.25) is 35.4 Å². The van der Waals surface area contributed by atoms with Gasteiger partial charge in [-0.2, -0.15) is 0 Å². The van der Waals surface area contributed by atoms with Crippen LogP contribution in [-0.4, -0.2) is 82.3 Å². The number of carbonyl (C=O) groups is 7. The first-order valence-corrected chi connectivity index (χ1v) is 21.5. The van der Waals surface area contributed by atoms with E-state index >= 15 is 0 Å². The Kier molecular flexibility index (Phi) is 24.4. The predicted molar refractivity (Wildman–Crippen MR) is 229 cm³/mol. The summed E-state index contributed by atoms with van der Waals surface area (Å²) in [7, 11) is 0. The summed E-state index contributed by atoms with van der Waals surface area (Å²) >= 11 is 0. The quantitative estimate of drug-likeness (QED) is 0.0503. The van der Waals surface area contributed by atoms with E-state index in [-0.39, 0.29) is 43.8 Å². The second-order valence-electron chi connectivity index (χ2n) is 15.9. The number of phenols is 1. The van der Waals surface area contributed by atoms with Crippen LogP contribution in [0.3, 0.4) is 0 Å². The van der Waals surface area contributed by atoms with Crippen molar-refractivity contribution in [3.8, 4) is 5.75 Å². The highest BCUT2D eigenvalue weighted by molar-refractivity contribution is 5.96. The summed E-state index contributed by atoms with van der Waals surface area (Å²) < 4.78 is 0. The Labute approximate surface area is 354 Å². The molecule has 15 nitrogen and oxygen atoms in total. The lowest BCUT2D eigenvalue weighted by atomic mass is 9.99. The zero-order valence-electron chi connectivity index (χ0n) is 35.6. The van der Waals surface area contributed by atoms with Crippen LogP contribution in [0.1, 0.15) is 128 Å². The van der Waals surface area contributed by atoms with Crippen molar-refractivity contribution in [3.05, 3.63) is 65.7 Å². The van der Waals surface area contributed by atoms with Gasteiger partial charge in [-0.1, -0.05) is 127 Å². The average molecular weight is 837 g/mol. The second-order valence-corrected chi connectivity index (χ2v) is 15.9. The first-order chi connectivity index (χ1) is 28.7. The van der Waals surface area contributed by atoms with E-state index in [0.717, 1.165) is 25.7 Å². The van der Waals surface area contributed by atoms with E-state index in [1.54, 1.807) is 42.5 Å². The van der Waals surface area contributed by atoms with Gasteiger partial charge in [0.1, 0.15) is 29.9 Å². The summed E-state index contributed by atoms with van der Waals surface area (Å²) in [6.07, 6.45) is 11.9. The van der Waals surface area contributed by atoms with Crippen LogP contribution in [-0.2, 0) is 46.4 Å². The zero-order chi connectivity index (χ0) is 44.3. The number of carboxylic acid groups (broad SMARTS) is 1. The third kappa shape index (κ3) is 22.1. The summed E-state index contributed by atoms with van der Waals surface area (Å²) in [4.78, 5) is 90.9. The molecule has 2 aromatic rings. The fourth-order valence-corrected chi connectivity index (χ4v) is 6.71. The van der Waals surface area contributed by atoms with E-state index in [2.05, 4.69) is 33.5 Å². The molecule has 0 bridgehead atoms. The number of aromatic hydroxyl groups is 1. The molecular weight excluding hydrogens is 769 g/mol. The summed E-state index contributed by atoms with van der Waals surface area (Å²) in [5.74, 6) is -5.30. The summed E-state index contributed by atoms with van der Waals surface area (Å²) in [5, 5.41) is 32.4. The van der Waals surface area contributed by atoms with Gasteiger partial charge in [0.15, 0.2) is 0 Å². The monoisotopic (exact) mass is 837 g/mol. The van der Waals surface area contributed by atoms with Gasteiger partial charge in [-0.05, 0) is 48.4 Å². The van der Waals surface area contributed by atoms with Crippen LogP contribution in [0.15, 0.2) is 54.6 Å². The molecular formula is C45H68N6O9. The fourth-order valence-electron chi connectivity index (χ4n) is 6.71. The number of hydrogen-bond acceptors (Lipinski definition) is 8. The smallest absolute Gasteiger partial charge is 0.303 e. The number of unbranched alkanes of at least 4 members (excludes halogenated alkanes) is 10. The van der Waals surface area contributed by atoms with Crippen molar-refractivity contribution in [1.82, 2.24) is 26.6 Å². The molecule has 0 aliphatic heterocycles. The number of aliphatic carboxylic acids is 1. The van der Waals surface area contributed by atoms with Crippen LogP contribution in [0, 0.1) is 5.92 Å². The number of nitrogens with one attached hydrogen (secondary N) is 5. The van der Waals surface area contributed by atoms with Gasteiger partial charge in [-0.15, -0.1) is 0 Å². The van der Waals surface area contributed by atoms with Gasteiger partial charge >= 0.3 is 5.97 Å². The Morgan fingerprint density at radius 1 is 0.583 bits per heavy atom. The lowest BCUT2D eigenvalue weighted by Crippen LogP contribution is -2.59. The maximum atomic E-state index is 14.1. The molecule has 0 radical (unpaired) electrons. The maximum absolute atomic E-state index is 14.1. The van der Waals surface area contributed by atoms with Crippen molar-refractivity contribution in [2.24, 2.45) is 11.7 Å². The largest absolute Gasteiger partial charge is 0.508 e. The molecule has 0 heterocycles. The van der Waals surface area contributed by atoms with E-state index in [0.29, 0.717) is 17.5 Å². The first-order valence-electron chi connectivity index (χ1n) is 21.5. The number of amides is 6. The van der Waals surface area contributed by atoms with E-state index in [9.17, 15) is 43.8 Å². The molecule has 9 N–H and O–H groups in total. The SMILES string of the molecule is CCCCCCCCCCCCCC(=O)N[C@@H](CCC(=O)O)C(=O)N[C@@H](Cc1ccccc1)C(=O)N[C@@H](CC(C)C)C(=O)N[C@@H](Cc1ccc(O)cc1)C(=O)NCC(N)=O. The van der Waals surface area contributed by atoms with Crippen molar-refractivity contribution in [2.75, 3.05) is 6.54 Å². The van der Waals surface area contributed by atoms with Gasteiger partial charge in [0, 0.05) is 25.7 Å². The lowest BCUT2D eigenvalue weighted by molar-refractivity contribution is -0.138. The molecule has 4 atom stereocenters.